The fourth-order valence-corrected chi connectivity index (χ4v) is 5.54. The molecule has 0 aliphatic carbocycles. The minimum Gasteiger partial charge on any atom is -0.455 e. The molecule has 3 heterocycles. The second-order valence-electron chi connectivity index (χ2n) is 10.4. The van der Waals surface area contributed by atoms with Gasteiger partial charge in [-0.1, -0.05) is 26.0 Å². The smallest absolute Gasteiger partial charge is 0.422 e. The van der Waals surface area contributed by atoms with E-state index < -0.39 is 38.9 Å². The Labute approximate surface area is 273 Å². The second kappa shape index (κ2) is 13.2. The zero-order chi connectivity index (χ0) is 34.9. The van der Waals surface area contributed by atoms with Gasteiger partial charge in [-0.2, -0.15) is 0 Å². The highest BCUT2D eigenvalue weighted by molar-refractivity contribution is 7.92. The number of fused-ring (bicyclic) bond motifs is 2. The normalized spacial score (nSPS) is 11.3. The van der Waals surface area contributed by atoms with E-state index in [2.05, 4.69) is 10.3 Å². The highest BCUT2D eigenvalue weighted by Crippen LogP contribution is 2.41. The van der Waals surface area contributed by atoms with Crippen LogP contribution < -0.4 is 20.9 Å². The van der Waals surface area contributed by atoms with E-state index >= 15 is 0 Å². The van der Waals surface area contributed by atoms with Crippen molar-refractivity contribution in [1.29, 1.82) is 0 Å². The zero-order valence-corrected chi connectivity index (χ0v) is 27.3. The molecule has 248 valence electrons. The lowest BCUT2D eigenvalue weighted by Crippen LogP contribution is -2.33. The van der Waals surface area contributed by atoms with Crippen molar-refractivity contribution in [1.82, 2.24) is 14.9 Å². The van der Waals surface area contributed by atoms with Gasteiger partial charge >= 0.3 is 5.76 Å². The monoisotopic (exact) mass is 676 g/mol. The van der Waals surface area contributed by atoms with E-state index in [1.165, 1.54) is 86.9 Å². The van der Waals surface area contributed by atoms with Crippen LogP contribution in [-0.2, 0) is 16.6 Å². The summed E-state index contributed by atoms with van der Waals surface area (Å²) in [5.74, 6) is -2.32. The number of benzene rings is 3. The lowest BCUT2D eigenvalue weighted by Gasteiger charge is -2.20. The Balaban J connectivity index is 0.00000221. The Kier molecular flexibility index (Phi) is 9.30. The first-order valence-electron chi connectivity index (χ1n) is 14.7. The third kappa shape index (κ3) is 6.34. The molecule has 6 aromatic rings. The number of hydrogen-bond acceptors (Lipinski definition) is 8. The molecule has 1 N–H and O–H groups in total. The van der Waals surface area contributed by atoms with Gasteiger partial charge in [0.25, 0.3) is 11.5 Å². The maximum atomic E-state index is 13.7. The van der Waals surface area contributed by atoms with Crippen LogP contribution in [0.4, 0.5) is 14.5 Å². The fourth-order valence-electron chi connectivity index (χ4n) is 5.03. The molecule has 11 nitrogen and oxygen atoms in total. The van der Waals surface area contributed by atoms with E-state index in [4.69, 9.17) is 8.83 Å². The van der Waals surface area contributed by atoms with Gasteiger partial charge in [0.2, 0.25) is 10.0 Å². The molecule has 0 aliphatic rings. The number of furan rings is 1. The minimum atomic E-state index is -3.85. The van der Waals surface area contributed by atoms with Crippen molar-refractivity contribution in [3.05, 3.63) is 116 Å². The first kappa shape index (κ1) is 33.7. The number of anilines is 1. The molecule has 48 heavy (non-hydrogen) atoms. The molecule has 0 spiro atoms. The number of nitrogens with zero attached hydrogens (tertiary/aromatic N) is 3. The summed E-state index contributed by atoms with van der Waals surface area (Å²) >= 11 is 0. The summed E-state index contributed by atoms with van der Waals surface area (Å²) in [5.41, 5.74) is 0.426. The average Bonchev–Trinajstić information content (AvgIpc) is 3.45. The predicted octanol–water partition coefficient (Wildman–Crippen LogP) is 5.54. The van der Waals surface area contributed by atoms with E-state index in [0.29, 0.717) is 11.1 Å². The molecule has 1 amide bonds. The molecule has 0 fully saturated rings. The molecule has 3 aromatic carbocycles. The number of rotatable bonds is 7. The van der Waals surface area contributed by atoms with Gasteiger partial charge in [-0.05, 0) is 60.2 Å². The Morgan fingerprint density at radius 3 is 2.15 bits per heavy atom. The molecule has 3 aromatic heterocycles. The molecule has 0 aliphatic heterocycles. The summed E-state index contributed by atoms with van der Waals surface area (Å²) in [6, 6.07) is 16.3. The lowest BCUT2D eigenvalue weighted by molar-refractivity contribution is 0.0964. The first-order valence-corrected chi connectivity index (χ1v) is 16.5. The third-order valence-corrected chi connectivity index (χ3v) is 8.65. The van der Waals surface area contributed by atoms with Gasteiger partial charge < -0.3 is 14.2 Å². The van der Waals surface area contributed by atoms with E-state index in [-0.39, 0.29) is 56.9 Å². The number of sulfonamides is 1. The van der Waals surface area contributed by atoms with Crippen LogP contribution in [0.5, 0.6) is 0 Å². The molecule has 14 heteroatoms. The number of carbonyl (C=O) groups excluding carboxylic acids is 1. The van der Waals surface area contributed by atoms with Crippen molar-refractivity contribution in [2.75, 3.05) is 24.7 Å². The highest BCUT2D eigenvalue weighted by Gasteiger charge is 2.27. The van der Waals surface area contributed by atoms with Crippen molar-refractivity contribution in [3.8, 4) is 22.6 Å². The topological polar surface area (TPSA) is 145 Å². The van der Waals surface area contributed by atoms with Crippen LogP contribution in [0, 0.1) is 11.6 Å². The van der Waals surface area contributed by atoms with Gasteiger partial charge in [0.15, 0.2) is 11.1 Å². The number of amides is 1. The quantitative estimate of drug-likeness (QED) is 0.232. The third-order valence-electron chi connectivity index (χ3n) is 7.46. The van der Waals surface area contributed by atoms with Crippen molar-refractivity contribution in [2.24, 2.45) is 0 Å². The van der Waals surface area contributed by atoms with Crippen LogP contribution in [0.2, 0.25) is 0 Å². The van der Waals surface area contributed by atoms with Gasteiger partial charge in [-0.3, -0.25) is 13.9 Å². The molecule has 0 radical (unpaired) electrons. The van der Waals surface area contributed by atoms with Gasteiger partial charge in [-0.15, -0.1) is 0 Å². The van der Waals surface area contributed by atoms with Crippen molar-refractivity contribution in [3.63, 3.8) is 0 Å². The zero-order valence-electron chi connectivity index (χ0n) is 26.5. The number of hydrogen-bond donors (Lipinski definition) is 1. The van der Waals surface area contributed by atoms with E-state index in [1.807, 2.05) is 13.8 Å². The van der Waals surface area contributed by atoms with Crippen molar-refractivity contribution >= 4 is 43.7 Å². The maximum Gasteiger partial charge on any atom is 0.422 e. The van der Waals surface area contributed by atoms with Crippen LogP contribution in [0.25, 0.3) is 44.7 Å². The van der Waals surface area contributed by atoms with Gasteiger partial charge in [0.05, 0.1) is 29.7 Å². The number of nitrogens with one attached hydrogen (secondary N) is 1. The number of aromatic nitrogens is 2. The Morgan fingerprint density at radius 2 is 1.54 bits per heavy atom. The number of halogens is 2. The highest BCUT2D eigenvalue weighted by atomic mass is 32.2. The Morgan fingerprint density at radius 1 is 0.917 bits per heavy atom. The molecule has 0 bridgehead atoms. The molecule has 0 saturated carbocycles. The van der Waals surface area contributed by atoms with Crippen LogP contribution in [0.3, 0.4) is 0 Å². The Bertz CT molecular complexity index is 2400. The SMILES string of the molecule is CC.CNC(=O)c1c(-c2ccc(F)cc2)oc2cc(N(C)S(C)(=O)=O)c(-c3ccc4oc(=O)n(Cc5ccc(F)cc5)c(=O)c4n3)cc12. The van der Waals surface area contributed by atoms with Crippen LogP contribution in [0.1, 0.15) is 29.8 Å². The molecular formula is C34H30F2N4O7S. The number of carbonyl (C=O) groups is 1. The largest absolute Gasteiger partial charge is 0.455 e. The summed E-state index contributed by atoms with van der Waals surface area (Å²) in [6.07, 6.45) is 1.000. The van der Waals surface area contributed by atoms with Crippen LogP contribution in [0.15, 0.2) is 91.2 Å². The van der Waals surface area contributed by atoms with Crippen LogP contribution in [-0.4, -0.2) is 44.2 Å². The first-order chi connectivity index (χ1) is 22.8. The van der Waals surface area contributed by atoms with E-state index in [1.54, 1.807) is 0 Å². The summed E-state index contributed by atoms with van der Waals surface area (Å²) in [5, 5.41) is 2.85. The van der Waals surface area contributed by atoms with Crippen molar-refractivity contribution < 1.29 is 30.8 Å². The van der Waals surface area contributed by atoms with E-state index in [0.717, 1.165) is 15.1 Å². The van der Waals surface area contributed by atoms with E-state index in [9.17, 15) is 31.6 Å². The summed E-state index contributed by atoms with van der Waals surface area (Å²) in [7, 11) is -1.10. The molecule has 0 atom stereocenters. The Hall–Kier alpha value is -5.63. The molecule has 0 saturated heterocycles. The lowest BCUT2D eigenvalue weighted by atomic mass is 10.0. The van der Waals surface area contributed by atoms with Crippen LogP contribution >= 0.6 is 0 Å². The summed E-state index contributed by atoms with van der Waals surface area (Å²) in [6.45, 7) is 3.79. The van der Waals surface area contributed by atoms with Gasteiger partial charge in [-0.25, -0.2) is 31.5 Å². The number of pyridine rings is 1. The van der Waals surface area contributed by atoms with Gasteiger partial charge in [0, 0.05) is 36.7 Å². The van der Waals surface area contributed by atoms with Gasteiger partial charge in [0.1, 0.15) is 23.0 Å². The summed E-state index contributed by atoms with van der Waals surface area (Å²) in [4.78, 5) is 43.9. The summed E-state index contributed by atoms with van der Waals surface area (Å²) < 4.78 is 65.8. The molecular weight excluding hydrogens is 646 g/mol. The minimum absolute atomic E-state index is 0.104. The standard InChI is InChI=1S/C32H24F2N4O7S.C2H6/c1-35-30(39)27-22-14-21(24(37(2)46(3,42)43)15-26(22)44-29(27)18-6-10-20(34)11-7-18)23-12-13-25-28(36-23)31(40)38(32(41)45-25)16-17-4-8-19(33)9-5-17;1-2/h4-15H,16H2,1-3H3,(H,35,39);1-2H3. The predicted molar refractivity (Wildman–Crippen MR) is 179 cm³/mol. The fraction of sp³-hybridized carbons (Fsp3) is 0.176. The maximum absolute atomic E-state index is 13.7. The van der Waals surface area contributed by atoms with Crippen molar-refractivity contribution in [2.45, 2.75) is 20.4 Å². The second-order valence-corrected chi connectivity index (χ2v) is 12.4. The average molecular weight is 677 g/mol. The molecule has 0 unspecified atom stereocenters. The molecule has 6 rings (SSSR count).